The fourth-order valence-corrected chi connectivity index (χ4v) is 3.92. The minimum atomic E-state index is -3.39. The Morgan fingerprint density at radius 2 is 2.00 bits per heavy atom. The van der Waals surface area contributed by atoms with Crippen LogP contribution in [0.25, 0.3) is 0 Å². The van der Waals surface area contributed by atoms with E-state index < -0.39 is 10.0 Å². The van der Waals surface area contributed by atoms with E-state index in [1.165, 1.54) is 4.31 Å². The number of amides is 1. The second-order valence-electron chi connectivity index (χ2n) is 5.49. The van der Waals surface area contributed by atoms with E-state index in [1.807, 2.05) is 24.3 Å². The molecule has 0 saturated carbocycles. The van der Waals surface area contributed by atoms with Crippen LogP contribution in [-0.4, -0.2) is 64.3 Å². The third kappa shape index (κ3) is 5.47. The van der Waals surface area contributed by atoms with Crippen LogP contribution >= 0.6 is 0 Å². The lowest BCUT2D eigenvalue weighted by Gasteiger charge is -2.25. The molecule has 1 aromatic carbocycles. The van der Waals surface area contributed by atoms with Crippen LogP contribution in [0, 0.1) is 0 Å². The van der Waals surface area contributed by atoms with E-state index in [1.54, 1.807) is 7.11 Å². The van der Waals surface area contributed by atoms with E-state index in [4.69, 9.17) is 9.47 Å². The number of morpholine rings is 1. The number of methoxy groups -OCH3 is 1. The van der Waals surface area contributed by atoms with Crippen LogP contribution in [0.3, 0.4) is 0 Å². The Bertz CT molecular complexity index is 642. The van der Waals surface area contributed by atoms with Crippen molar-refractivity contribution in [1.29, 1.82) is 0 Å². The fraction of sp³-hybridized carbons (Fsp3) is 0.562. The SMILES string of the molecule is COc1ccccc1CCNC(=O)CCS(=O)(=O)N1CCOCC1. The Labute approximate surface area is 143 Å². The Balaban J connectivity index is 1.73. The summed E-state index contributed by atoms with van der Waals surface area (Å²) in [6.45, 7) is 1.97. The maximum absolute atomic E-state index is 12.1. The molecule has 1 fully saturated rings. The largest absolute Gasteiger partial charge is 0.496 e. The summed E-state index contributed by atoms with van der Waals surface area (Å²) < 4.78 is 36.1. The number of ether oxygens (including phenoxy) is 2. The molecule has 7 nitrogen and oxygen atoms in total. The van der Waals surface area contributed by atoms with Crippen LogP contribution in [0.2, 0.25) is 0 Å². The number of benzene rings is 1. The first-order valence-corrected chi connectivity index (χ1v) is 9.58. The van der Waals surface area contributed by atoms with Crippen molar-refractivity contribution in [2.45, 2.75) is 12.8 Å². The van der Waals surface area contributed by atoms with E-state index in [9.17, 15) is 13.2 Å². The van der Waals surface area contributed by atoms with E-state index in [0.717, 1.165) is 11.3 Å². The molecule has 0 atom stereocenters. The van der Waals surface area contributed by atoms with Crippen LogP contribution in [0.4, 0.5) is 0 Å². The number of carbonyl (C=O) groups excluding carboxylic acids is 1. The lowest BCUT2D eigenvalue weighted by molar-refractivity contribution is -0.120. The molecular formula is C16H24N2O5S. The molecule has 1 aromatic rings. The van der Waals surface area contributed by atoms with E-state index >= 15 is 0 Å². The number of para-hydroxylation sites is 1. The summed E-state index contributed by atoms with van der Waals surface area (Å²) in [6, 6.07) is 7.60. The van der Waals surface area contributed by atoms with Gasteiger partial charge in [-0.3, -0.25) is 4.79 Å². The van der Waals surface area contributed by atoms with Crippen molar-refractivity contribution in [2.24, 2.45) is 0 Å². The molecule has 0 spiro atoms. The van der Waals surface area contributed by atoms with Crippen molar-refractivity contribution in [3.63, 3.8) is 0 Å². The molecule has 1 N–H and O–H groups in total. The Kier molecular flexibility index (Phi) is 7.01. The van der Waals surface area contributed by atoms with Crippen LogP contribution in [0.1, 0.15) is 12.0 Å². The van der Waals surface area contributed by atoms with Crippen molar-refractivity contribution in [3.05, 3.63) is 29.8 Å². The topological polar surface area (TPSA) is 84.9 Å². The summed E-state index contributed by atoms with van der Waals surface area (Å²) >= 11 is 0. The van der Waals surface area contributed by atoms with Crippen LogP contribution in [0.5, 0.6) is 5.75 Å². The molecule has 1 saturated heterocycles. The summed E-state index contributed by atoms with van der Waals surface area (Å²) in [5, 5.41) is 2.76. The normalized spacial score (nSPS) is 15.9. The van der Waals surface area contributed by atoms with Gasteiger partial charge in [0.1, 0.15) is 5.75 Å². The summed E-state index contributed by atoms with van der Waals surface area (Å²) in [6.07, 6.45) is 0.595. The molecule has 24 heavy (non-hydrogen) atoms. The first-order valence-electron chi connectivity index (χ1n) is 7.97. The highest BCUT2D eigenvalue weighted by Crippen LogP contribution is 2.17. The molecule has 0 aromatic heterocycles. The monoisotopic (exact) mass is 356 g/mol. The minimum Gasteiger partial charge on any atom is -0.496 e. The smallest absolute Gasteiger partial charge is 0.221 e. The van der Waals surface area contributed by atoms with Gasteiger partial charge >= 0.3 is 0 Å². The second-order valence-corrected chi connectivity index (χ2v) is 7.58. The lowest BCUT2D eigenvalue weighted by atomic mass is 10.1. The van der Waals surface area contributed by atoms with Gasteiger partial charge in [0.15, 0.2) is 0 Å². The molecule has 0 radical (unpaired) electrons. The standard InChI is InChI=1S/C16H24N2O5S/c1-22-15-5-3-2-4-14(15)6-8-17-16(19)7-13-24(20,21)18-9-11-23-12-10-18/h2-5H,6-13H2,1H3,(H,17,19). The number of nitrogens with one attached hydrogen (secondary N) is 1. The van der Waals surface area contributed by atoms with Crippen molar-refractivity contribution < 1.29 is 22.7 Å². The summed E-state index contributed by atoms with van der Waals surface area (Å²) in [5.41, 5.74) is 1.00. The molecule has 0 aliphatic carbocycles. The highest BCUT2D eigenvalue weighted by Gasteiger charge is 2.24. The summed E-state index contributed by atoms with van der Waals surface area (Å²) in [7, 11) is -1.79. The zero-order chi connectivity index (χ0) is 17.4. The first kappa shape index (κ1) is 18.7. The average molecular weight is 356 g/mol. The molecule has 1 aliphatic rings. The number of rotatable bonds is 8. The van der Waals surface area contributed by atoms with Crippen molar-refractivity contribution in [2.75, 3.05) is 45.7 Å². The highest BCUT2D eigenvalue weighted by molar-refractivity contribution is 7.89. The number of carbonyl (C=O) groups is 1. The maximum Gasteiger partial charge on any atom is 0.221 e. The summed E-state index contributed by atoms with van der Waals surface area (Å²) in [4.78, 5) is 11.9. The van der Waals surface area contributed by atoms with Crippen molar-refractivity contribution in [3.8, 4) is 5.75 Å². The van der Waals surface area contributed by atoms with Crippen molar-refractivity contribution >= 4 is 15.9 Å². The number of sulfonamides is 1. The number of nitrogens with zero attached hydrogens (tertiary/aromatic N) is 1. The molecule has 1 amide bonds. The highest BCUT2D eigenvalue weighted by atomic mass is 32.2. The molecule has 8 heteroatoms. The predicted octanol–water partition coefficient (Wildman–Crippen LogP) is 0.406. The van der Waals surface area contributed by atoms with Gasteiger partial charge in [0, 0.05) is 26.1 Å². The van der Waals surface area contributed by atoms with Gasteiger partial charge in [0.25, 0.3) is 0 Å². The molecule has 1 heterocycles. The van der Waals surface area contributed by atoms with Gasteiger partial charge in [-0.2, -0.15) is 4.31 Å². The van der Waals surface area contributed by atoms with Crippen LogP contribution in [0.15, 0.2) is 24.3 Å². The minimum absolute atomic E-state index is 0.0361. The number of hydrogen-bond donors (Lipinski definition) is 1. The molecule has 0 unspecified atom stereocenters. The molecule has 0 bridgehead atoms. The predicted molar refractivity (Wildman–Crippen MR) is 90.5 cm³/mol. The zero-order valence-corrected chi connectivity index (χ0v) is 14.7. The Morgan fingerprint density at radius 3 is 2.71 bits per heavy atom. The third-order valence-electron chi connectivity index (χ3n) is 3.86. The second kappa shape index (κ2) is 9.00. The van der Waals surface area contributed by atoms with E-state index in [0.29, 0.717) is 39.3 Å². The Morgan fingerprint density at radius 1 is 1.29 bits per heavy atom. The first-order chi connectivity index (χ1) is 11.5. The van der Waals surface area contributed by atoms with Gasteiger partial charge in [-0.1, -0.05) is 18.2 Å². The van der Waals surface area contributed by atoms with Gasteiger partial charge in [0.2, 0.25) is 15.9 Å². The molecule has 2 rings (SSSR count). The third-order valence-corrected chi connectivity index (χ3v) is 5.73. The van der Waals surface area contributed by atoms with Gasteiger partial charge < -0.3 is 14.8 Å². The zero-order valence-electron chi connectivity index (χ0n) is 13.9. The van der Waals surface area contributed by atoms with Gasteiger partial charge in [-0.05, 0) is 18.1 Å². The lowest BCUT2D eigenvalue weighted by Crippen LogP contribution is -2.42. The summed E-state index contributed by atoms with van der Waals surface area (Å²) in [5.74, 6) is 0.344. The van der Waals surface area contributed by atoms with Crippen LogP contribution < -0.4 is 10.1 Å². The van der Waals surface area contributed by atoms with Crippen LogP contribution in [-0.2, 0) is 26.0 Å². The molecular weight excluding hydrogens is 332 g/mol. The Hall–Kier alpha value is -1.64. The quantitative estimate of drug-likeness (QED) is 0.729. The maximum atomic E-state index is 12.1. The van der Waals surface area contributed by atoms with E-state index in [2.05, 4.69) is 5.32 Å². The average Bonchev–Trinajstić information content (AvgIpc) is 2.61. The molecule has 134 valence electrons. The van der Waals surface area contributed by atoms with Crippen molar-refractivity contribution in [1.82, 2.24) is 9.62 Å². The van der Waals surface area contributed by atoms with E-state index in [-0.39, 0.29) is 18.1 Å². The molecule has 1 aliphatic heterocycles. The number of hydrogen-bond acceptors (Lipinski definition) is 5. The van der Waals surface area contributed by atoms with Gasteiger partial charge in [-0.15, -0.1) is 0 Å². The fourth-order valence-electron chi connectivity index (χ4n) is 2.51. The van der Waals surface area contributed by atoms with Gasteiger partial charge in [0.05, 0.1) is 26.1 Å². The van der Waals surface area contributed by atoms with Gasteiger partial charge in [-0.25, -0.2) is 8.42 Å².